The Labute approximate surface area is 139 Å². The Morgan fingerprint density at radius 1 is 1.14 bits per heavy atom. The van der Waals surface area contributed by atoms with Crippen LogP contribution in [0.2, 0.25) is 0 Å². The molecule has 0 bridgehead atoms. The monoisotopic (exact) mass is 350 g/mol. The highest BCUT2D eigenvalue weighted by atomic mass is 35.5. The molecule has 118 valence electrons. The van der Waals surface area contributed by atoms with Crippen LogP contribution in [0, 0.1) is 4.77 Å². The van der Waals surface area contributed by atoms with Gasteiger partial charge in [-0.15, -0.1) is 0 Å². The first-order chi connectivity index (χ1) is 9.93. The van der Waals surface area contributed by atoms with Crippen molar-refractivity contribution in [3.8, 4) is 0 Å². The number of aromatic amines is 1. The summed E-state index contributed by atoms with van der Waals surface area (Å²) in [5.74, 6) is 0. The van der Waals surface area contributed by atoms with Crippen molar-refractivity contribution in [3.05, 3.63) is 39.4 Å². The molecule has 0 unspecified atom stereocenters. The van der Waals surface area contributed by atoms with Crippen LogP contribution in [0.25, 0.3) is 10.9 Å². The van der Waals surface area contributed by atoms with E-state index < -0.39 is 4.70 Å². The first-order valence-corrected chi connectivity index (χ1v) is 7.63. The Balaban J connectivity index is 0. The molecule has 1 N–H and O–H groups in total. The minimum Gasteiger partial charge on any atom is -0.332 e. The molecule has 1 heterocycles. The van der Waals surface area contributed by atoms with Gasteiger partial charge in [-0.05, 0) is 47.6 Å². The van der Waals surface area contributed by atoms with Crippen LogP contribution in [-0.4, -0.2) is 14.3 Å². The predicted molar refractivity (Wildman–Crippen MR) is 94.2 cm³/mol. The number of aromatic nitrogens is 2. The van der Waals surface area contributed by atoms with Crippen molar-refractivity contribution in [1.82, 2.24) is 9.55 Å². The fourth-order valence-corrected chi connectivity index (χ4v) is 1.44. The van der Waals surface area contributed by atoms with Crippen molar-refractivity contribution in [2.75, 3.05) is 0 Å². The van der Waals surface area contributed by atoms with Crippen LogP contribution in [0.1, 0.15) is 27.7 Å². The number of carbonyl (C=O) groups excluding carboxylic acids is 1. The van der Waals surface area contributed by atoms with Gasteiger partial charge in [-0.3, -0.25) is 14.2 Å². The lowest BCUT2D eigenvalue weighted by Crippen LogP contribution is -2.18. The van der Waals surface area contributed by atoms with E-state index in [0.29, 0.717) is 10.2 Å². The number of rotatable bonds is 0. The lowest BCUT2D eigenvalue weighted by atomic mass is 10.2. The van der Waals surface area contributed by atoms with Crippen LogP contribution in [0.5, 0.6) is 0 Å². The minimum absolute atomic E-state index is 0.0562. The molecule has 21 heavy (non-hydrogen) atoms. The van der Waals surface area contributed by atoms with Crippen LogP contribution < -0.4 is 5.56 Å². The fourth-order valence-electron chi connectivity index (χ4n) is 1.25. The highest BCUT2D eigenvalue weighted by Gasteiger charge is 1.99. The molecular formula is C14H20Cl2N2O2S. The Morgan fingerprint density at radius 3 is 2.05 bits per heavy atom. The van der Waals surface area contributed by atoms with Gasteiger partial charge in [0.2, 0.25) is 0 Å². The van der Waals surface area contributed by atoms with Crippen molar-refractivity contribution in [3.63, 3.8) is 0 Å². The van der Waals surface area contributed by atoms with Gasteiger partial charge in [0.15, 0.2) is 4.77 Å². The van der Waals surface area contributed by atoms with E-state index in [0.717, 1.165) is 5.52 Å². The molecule has 0 aliphatic rings. The second kappa shape index (κ2) is 12.6. The fraction of sp³-hybridized carbons (Fsp3) is 0.357. The van der Waals surface area contributed by atoms with Crippen molar-refractivity contribution < 1.29 is 4.79 Å². The first kappa shape index (κ1) is 22.1. The molecule has 2 rings (SSSR count). The average Bonchev–Trinajstić information content (AvgIpc) is 2.49. The summed E-state index contributed by atoms with van der Waals surface area (Å²) >= 11 is 13.8. The third-order valence-electron chi connectivity index (χ3n) is 2.01. The number of para-hydroxylation sites is 1. The highest BCUT2D eigenvalue weighted by molar-refractivity contribution is 7.71. The number of hydrogen-bond acceptors (Lipinski definition) is 3. The highest BCUT2D eigenvalue weighted by Crippen LogP contribution is 2.04. The summed E-state index contributed by atoms with van der Waals surface area (Å²) in [4.78, 5) is 23.6. The number of carbonyl (C=O) groups is 1. The molecule has 0 spiro atoms. The maximum absolute atomic E-state index is 11.6. The van der Waals surface area contributed by atoms with Crippen LogP contribution >= 0.6 is 35.4 Å². The van der Waals surface area contributed by atoms with Gasteiger partial charge in [-0.25, -0.2) is 0 Å². The lowest BCUT2D eigenvalue weighted by molar-refractivity contribution is 0.275. The molecular weight excluding hydrogens is 331 g/mol. The summed E-state index contributed by atoms with van der Waals surface area (Å²) in [5, 5.41) is 0.665. The number of nitrogens with one attached hydrogen (secondary N) is 1. The maximum Gasteiger partial charge on any atom is 0.313 e. The predicted octanol–water partition coefficient (Wildman–Crippen LogP) is 5.23. The minimum atomic E-state index is -0.889. The topological polar surface area (TPSA) is 54.9 Å². The molecule has 1 aromatic heterocycles. The standard InChI is InChI=1S/C9H8N2OS.2C2H6.CCl2O/c1-11-8(12)6-4-2-3-5-7(6)10-9(11)13;2*1-2;2-1(3)4/h2-5H,1H3,(H,10,13);2*1-2H3;. The van der Waals surface area contributed by atoms with E-state index >= 15 is 0 Å². The third-order valence-corrected chi connectivity index (χ3v) is 2.38. The number of nitrogens with zero attached hydrogens (tertiary/aromatic N) is 1. The van der Waals surface area contributed by atoms with Crippen molar-refractivity contribution in [2.24, 2.45) is 7.05 Å². The number of hydrogen-bond donors (Lipinski definition) is 1. The zero-order chi connectivity index (χ0) is 17.0. The molecule has 2 aromatic rings. The van der Waals surface area contributed by atoms with Gasteiger partial charge in [-0.1, -0.05) is 39.8 Å². The maximum atomic E-state index is 11.6. The molecule has 0 saturated carbocycles. The Morgan fingerprint density at radius 2 is 1.57 bits per heavy atom. The van der Waals surface area contributed by atoms with Gasteiger partial charge in [0.1, 0.15) is 0 Å². The van der Waals surface area contributed by atoms with E-state index in [2.05, 4.69) is 28.2 Å². The van der Waals surface area contributed by atoms with Crippen LogP contribution in [0.3, 0.4) is 0 Å². The summed E-state index contributed by atoms with van der Waals surface area (Å²) < 4.78 is 0.987. The van der Waals surface area contributed by atoms with Crippen molar-refractivity contribution in [2.45, 2.75) is 27.7 Å². The zero-order valence-electron chi connectivity index (χ0n) is 12.7. The van der Waals surface area contributed by atoms with Crippen LogP contribution in [0.4, 0.5) is 4.79 Å². The van der Waals surface area contributed by atoms with E-state index in [4.69, 9.17) is 17.0 Å². The van der Waals surface area contributed by atoms with E-state index in [9.17, 15) is 4.79 Å². The normalized spacial score (nSPS) is 8.33. The number of fused-ring (bicyclic) bond motifs is 1. The number of H-pyrrole nitrogens is 1. The molecule has 0 aliphatic heterocycles. The molecule has 0 atom stereocenters. The van der Waals surface area contributed by atoms with Crippen LogP contribution in [0.15, 0.2) is 29.1 Å². The SMILES string of the molecule is CC.CC.Cn1c(=S)[nH]c2ccccc2c1=O.O=C(Cl)Cl. The first-order valence-electron chi connectivity index (χ1n) is 6.46. The largest absolute Gasteiger partial charge is 0.332 e. The lowest BCUT2D eigenvalue weighted by Gasteiger charge is -2.00. The van der Waals surface area contributed by atoms with Crippen molar-refractivity contribution >= 4 is 51.0 Å². The van der Waals surface area contributed by atoms with Gasteiger partial charge in [-0.2, -0.15) is 0 Å². The quantitative estimate of drug-likeness (QED) is 0.522. The second-order valence-corrected chi connectivity index (χ2v) is 4.33. The Hall–Kier alpha value is -1.17. The van der Waals surface area contributed by atoms with Gasteiger partial charge in [0.05, 0.1) is 10.9 Å². The summed E-state index contributed by atoms with van der Waals surface area (Å²) in [5.41, 5.74) is 0.731. The Bertz CT molecular complexity index is 662. The van der Waals surface area contributed by atoms with Crippen LogP contribution in [-0.2, 0) is 7.05 Å². The molecule has 0 aliphatic carbocycles. The van der Waals surface area contributed by atoms with Gasteiger partial charge in [0.25, 0.3) is 5.56 Å². The van der Waals surface area contributed by atoms with Gasteiger partial charge in [0, 0.05) is 7.05 Å². The average molecular weight is 351 g/mol. The molecule has 0 radical (unpaired) electrons. The molecule has 7 heteroatoms. The van der Waals surface area contributed by atoms with Crippen molar-refractivity contribution in [1.29, 1.82) is 0 Å². The molecule has 4 nitrogen and oxygen atoms in total. The third kappa shape index (κ3) is 7.99. The summed E-state index contributed by atoms with van der Waals surface area (Å²) in [6, 6.07) is 7.32. The summed E-state index contributed by atoms with van der Waals surface area (Å²) in [7, 11) is 1.66. The van der Waals surface area contributed by atoms with Gasteiger partial charge >= 0.3 is 4.70 Å². The molecule has 0 fully saturated rings. The smallest absolute Gasteiger partial charge is 0.313 e. The Kier molecular flexibility index (Phi) is 13.2. The number of benzene rings is 1. The van der Waals surface area contributed by atoms with E-state index in [1.54, 1.807) is 13.1 Å². The van der Waals surface area contributed by atoms with Gasteiger partial charge < -0.3 is 4.98 Å². The van der Waals surface area contributed by atoms with E-state index in [-0.39, 0.29) is 5.56 Å². The summed E-state index contributed by atoms with van der Waals surface area (Å²) in [6.45, 7) is 8.00. The van der Waals surface area contributed by atoms with E-state index in [1.807, 2.05) is 45.9 Å². The zero-order valence-corrected chi connectivity index (χ0v) is 15.1. The molecule has 0 saturated heterocycles. The number of halogens is 2. The second-order valence-electron chi connectivity index (χ2n) is 3.07. The molecule has 1 aromatic carbocycles. The molecule has 0 amide bonds. The van der Waals surface area contributed by atoms with E-state index in [1.165, 1.54) is 4.57 Å². The summed E-state index contributed by atoms with van der Waals surface area (Å²) in [6.07, 6.45) is 0.